The maximum absolute atomic E-state index is 11.5. The molecule has 0 amide bonds. The van der Waals surface area contributed by atoms with Gasteiger partial charge in [0.15, 0.2) is 0 Å². The lowest BCUT2D eigenvalue weighted by molar-refractivity contribution is 0.0595. The van der Waals surface area contributed by atoms with Crippen molar-refractivity contribution in [3.63, 3.8) is 0 Å². The Bertz CT molecular complexity index is 452. The molecule has 0 N–H and O–H groups in total. The van der Waals surface area contributed by atoms with Gasteiger partial charge in [-0.25, -0.2) is 9.78 Å². The van der Waals surface area contributed by atoms with Crippen LogP contribution in [0.1, 0.15) is 21.6 Å². The van der Waals surface area contributed by atoms with Gasteiger partial charge in [-0.1, -0.05) is 11.8 Å². The fourth-order valence-electron chi connectivity index (χ4n) is 1.15. The highest BCUT2D eigenvalue weighted by Gasteiger charge is 2.15. The van der Waals surface area contributed by atoms with Crippen LogP contribution in [0.5, 0.6) is 0 Å². The summed E-state index contributed by atoms with van der Waals surface area (Å²) in [6, 6.07) is 3.75. The molecule has 0 aliphatic rings. The van der Waals surface area contributed by atoms with Crippen molar-refractivity contribution in [2.45, 2.75) is 18.9 Å². The third kappa shape index (κ3) is 2.74. The van der Waals surface area contributed by atoms with Crippen LogP contribution in [-0.2, 0) is 4.74 Å². The van der Waals surface area contributed by atoms with Gasteiger partial charge in [0.25, 0.3) is 0 Å². The van der Waals surface area contributed by atoms with Gasteiger partial charge >= 0.3 is 5.97 Å². The second kappa shape index (κ2) is 5.52. The molecule has 16 heavy (non-hydrogen) atoms. The summed E-state index contributed by atoms with van der Waals surface area (Å²) in [4.78, 5) is 15.8. The summed E-state index contributed by atoms with van der Waals surface area (Å²) in [7, 11) is 1.33. The normalized spacial score (nSPS) is 9.62. The zero-order valence-corrected chi connectivity index (χ0v) is 10.2. The maximum atomic E-state index is 11.5. The first-order chi connectivity index (χ1) is 7.60. The highest BCUT2D eigenvalue weighted by atomic mass is 32.2. The summed E-state index contributed by atoms with van der Waals surface area (Å²) in [5.41, 5.74) is 2.21. The van der Waals surface area contributed by atoms with Gasteiger partial charge in [0.1, 0.15) is 5.03 Å². The molecule has 0 aromatic carbocycles. The summed E-state index contributed by atoms with van der Waals surface area (Å²) in [6.07, 6.45) is 0. The predicted molar refractivity (Wildman–Crippen MR) is 61.4 cm³/mol. The molecule has 0 fully saturated rings. The zero-order valence-electron chi connectivity index (χ0n) is 9.40. The van der Waals surface area contributed by atoms with Gasteiger partial charge in [-0.05, 0) is 25.5 Å². The summed E-state index contributed by atoms with van der Waals surface area (Å²) in [6.45, 7) is 3.75. The molecule has 0 atom stereocenters. The average Bonchev–Trinajstić information content (AvgIpc) is 2.29. The SMILES string of the molecule is COC(=O)c1cc(C)c(C)nc1SCC#N. The van der Waals surface area contributed by atoms with Crippen molar-refractivity contribution in [1.82, 2.24) is 4.98 Å². The molecule has 5 heteroatoms. The summed E-state index contributed by atoms with van der Waals surface area (Å²) < 4.78 is 4.68. The molecule has 0 aliphatic carbocycles. The fourth-order valence-corrected chi connectivity index (χ4v) is 1.85. The minimum atomic E-state index is -0.420. The van der Waals surface area contributed by atoms with Crippen LogP contribution in [0.4, 0.5) is 0 Å². The lowest BCUT2D eigenvalue weighted by atomic mass is 10.1. The molecule has 1 rings (SSSR count). The van der Waals surface area contributed by atoms with E-state index in [4.69, 9.17) is 5.26 Å². The number of aryl methyl sites for hydroxylation is 2. The summed E-state index contributed by atoms with van der Waals surface area (Å²) in [5, 5.41) is 9.08. The van der Waals surface area contributed by atoms with Crippen molar-refractivity contribution in [3.8, 4) is 6.07 Å². The molecule has 0 saturated carbocycles. The third-order valence-corrected chi connectivity index (χ3v) is 2.97. The fraction of sp³-hybridized carbons (Fsp3) is 0.364. The van der Waals surface area contributed by atoms with Gasteiger partial charge in [0.05, 0.1) is 24.5 Å². The van der Waals surface area contributed by atoms with Gasteiger partial charge in [0.2, 0.25) is 0 Å². The van der Waals surface area contributed by atoms with Crippen molar-refractivity contribution in [1.29, 1.82) is 5.26 Å². The molecule has 0 spiro atoms. The number of carbonyl (C=O) groups excluding carboxylic acids is 1. The maximum Gasteiger partial charge on any atom is 0.340 e. The molecule has 0 aliphatic heterocycles. The Balaban J connectivity index is 3.17. The van der Waals surface area contributed by atoms with Crippen molar-refractivity contribution < 1.29 is 9.53 Å². The van der Waals surface area contributed by atoms with Crippen LogP contribution in [0.2, 0.25) is 0 Å². The number of esters is 1. The minimum Gasteiger partial charge on any atom is -0.465 e. The Morgan fingerprint density at radius 3 is 2.88 bits per heavy atom. The number of rotatable bonds is 3. The van der Waals surface area contributed by atoms with Crippen LogP contribution in [0.3, 0.4) is 0 Å². The number of nitriles is 1. The molecule has 1 aromatic heterocycles. The number of ether oxygens (including phenoxy) is 1. The highest BCUT2D eigenvalue weighted by Crippen LogP contribution is 2.23. The average molecular weight is 236 g/mol. The topological polar surface area (TPSA) is 63.0 Å². The standard InChI is InChI=1S/C11H12N2O2S/c1-7-6-9(11(14)15-3)10(13-8(7)2)16-5-4-12/h6H,5H2,1-3H3. The first-order valence-electron chi connectivity index (χ1n) is 4.66. The van der Waals surface area contributed by atoms with Crippen LogP contribution in [-0.4, -0.2) is 23.8 Å². The number of methoxy groups -OCH3 is 1. The highest BCUT2D eigenvalue weighted by molar-refractivity contribution is 7.99. The molecule has 84 valence electrons. The number of pyridine rings is 1. The summed E-state index contributed by atoms with van der Waals surface area (Å²) >= 11 is 1.24. The quantitative estimate of drug-likeness (QED) is 0.594. The number of thioether (sulfide) groups is 1. The minimum absolute atomic E-state index is 0.263. The number of hydrogen-bond donors (Lipinski definition) is 0. The van der Waals surface area contributed by atoms with E-state index in [-0.39, 0.29) is 5.75 Å². The van der Waals surface area contributed by atoms with E-state index in [9.17, 15) is 4.79 Å². The second-order valence-electron chi connectivity index (χ2n) is 3.18. The smallest absolute Gasteiger partial charge is 0.340 e. The van der Waals surface area contributed by atoms with E-state index in [0.29, 0.717) is 10.6 Å². The van der Waals surface area contributed by atoms with Crippen LogP contribution in [0.15, 0.2) is 11.1 Å². The number of hydrogen-bond acceptors (Lipinski definition) is 5. The van der Waals surface area contributed by atoms with Crippen LogP contribution in [0.25, 0.3) is 0 Å². The Morgan fingerprint density at radius 1 is 1.62 bits per heavy atom. The molecule has 1 heterocycles. The first kappa shape index (κ1) is 12.5. The lowest BCUT2D eigenvalue weighted by Gasteiger charge is -2.08. The largest absolute Gasteiger partial charge is 0.465 e. The second-order valence-corrected chi connectivity index (χ2v) is 4.15. The predicted octanol–water partition coefficient (Wildman–Crippen LogP) is 2.10. The lowest BCUT2D eigenvalue weighted by Crippen LogP contribution is -2.06. The van der Waals surface area contributed by atoms with Gasteiger partial charge in [-0.3, -0.25) is 0 Å². The Labute approximate surface area is 98.6 Å². The number of nitrogens with zero attached hydrogens (tertiary/aromatic N) is 2. The zero-order chi connectivity index (χ0) is 12.1. The summed E-state index contributed by atoms with van der Waals surface area (Å²) in [5.74, 6) is -0.157. The van der Waals surface area contributed by atoms with E-state index < -0.39 is 5.97 Å². The van der Waals surface area contributed by atoms with E-state index in [0.717, 1.165) is 11.3 Å². The van der Waals surface area contributed by atoms with Crippen molar-refractivity contribution >= 4 is 17.7 Å². The monoisotopic (exact) mass is 236 g/mol. The first-order valence-corrected chi connectivity index (χ1v) is 5.65. The molecule has 4 nitrogen and oxygen atoms in total. The van der Waals surface area contributed by atoms with E-state index >= 15 is 0 Å². The van der Waals surface area contributed by atoms with Gasteiger partial charge in [0, 0.05) is 5.69 Å². The van der Waals surface area contributed by atoms with Crippen molar-refractivity contribution in [2.75, 3.05) is 12.9 Å². The Morgan fingerprint density at radius 2 is 2.31 bits per heavy atom. The molecule has 1 aromatic rings. The van der Waals surface area contributed by atoms with Gasteiger partial charge in [-0.2, -0.15) is 5.26 Å². The van der Waals surface area contributed by atoms with E-state index in [1.54, 1.807) is 6.07 Å². The third-order valence-electron chi connectivity index (χ3n) is 2.11. The van der Waals surface area contributed by atoms with Crippen LogP contribution in [0, 0.1) is 25.2 Å². The number of carbonyl (C=O) groups is 1. The molecule has 0 saturated heterocycles. The van der Waals surface area contributed by atoms with E-state index in [1.807, 2.05) is 19.9 Å². The number of aromatic nitrogens is 1. The van der Waals surface area contributed by atoms with Crippen molar-refractivity contribution in [3.05, 3.63) is 22.9 Å². The Kier molecular flexibility index (Phi) is 4.32. The van der Waals surface area contributed by atoms with Crippen LogP contribution < -0.4 is 0 Å². The van der Waals surface area contributed by atoms with Gasteiger partial charge < -0.3 is 4.74 Å². The molecular weight excluding hydrogens is 224 g/mol. The van der Waals surface area contributed by atoms with E-state index in [1.165, 1.54) is 18.9 Å². The molecule has 0 bridgehead atoms. The van der Waals surface area contributed by atoms with Gasteiger partial charge in [-0.15, -0.1) is 0 Å². The molecular formula is C11H12N2O2S. The molecule has 0 radical (unpaired) electrons. The van der Waals surface area contributed by atoms with Crippen molar-refractivity contribution in [2.24, 2.45) is 0 Å². The molecule has 0 unspecified atom stereocenters. The Hall–Kier alpha value is -1.54. The van der Waals surface area contributed by atoms with E-state index in [2.05, 4.69) is 9.72 Å². The van der Waals surface area contributed by atoms with Crippen LogP contribution >= 0.6 is 11.8 Å².